The monoisotopic (exact) mass is 160 g/mol. The minimum absolute atomic E-state index is 0.167. The lowest BCUT2D eigenvalue weighted by Crippen LogP contribution is -2.16. The van der Waals surface area contributed by atoms with Gasteiger partial charge in [0.05, 0.1) is 0 Å². The van der Waals surface area contributed by atoms with Crippen LogP contribution in [0, 0.1) is 5.41 Å². The fraction of sp³-hybridized carbons (Fsp3) is 0.875. The largest absolute Gasteiger partial charge is 0.287 e. The van der Waals surface area contributed by atoms with Gasteiger partial charge in [0, 0.05) is 11.2 Å². The van der Waals surface area contributed by atoms with E-state index in [9.17, 15) is 4.79 Å². The van der Waals surface area contributed by atoms with Crippen molar-refractivity contribution in [3.8, 4) is 0 Å². The van der Waals surface area contributed by atoms with Crippen molar-refractivity contribution in [1.29, 1.82) is 0 Å². The highest BCUT2D eigenvalue weighted by Gasteiger charge is 2.20. The fourth-order valence-corrected chi connectivity index (χ4v) is 1.23. The van der Waals surface area contributed by atoms with E-state index in [0.29, 0.717) is 5.12 Å². The highest BCUT2D eigenvalue weighted by molar-refractivity contribution is 8.13. The zero-order valence-electron chi connectivity index (χ0n) is 7.23. The molecule has 0 saturated carbocycles. The molecule has 2 heteroatoms. The molecule has 0 aliphatic rings. The molecule has 0 bridgehead atoms. The summed E-state index contributed by atoms with van der Waals surface area (Å²) in [6, 6.07) is 0. The maximum absolute atomic E-state index is 11.2. The van der Waals surface area contributed by atoms with Crippen molar-refractivity contribution in [2.24, 2.45) is 5.41 Å². The van der Waals surface area contributed by atoms with Crippen molar-refractivity contribution in [3.63, 3.8) is 0 Å². The Morgan fingerprint density at radius 2 is 1.90 bits per heavy atom. The van der Waals surface area contributed by atoms with Gasteiger partial charge >= 0.3 is 0 Å². The molecule has 0 spiro atoms. The van der Waals surface area contributed by atoms with Gasteiger partial charge in [-0.25, -0.2) is 0 Å². The summed E-state index contributed by atoms with van der Waals surface area (Å²) >= 11 is 1.44. The summed E-state index contributed by atoms with van der Waals surface area (Å²) < 4.78 is 0. The first-order valence-electron chi connectivity index (χ1n) is 3.65. The Balaban J connectivity index is 3.64. The highest BCUT2D eigenvalue weighted by Crippen LogP contribution is 2.22. The molecule has 0 aromatic rings. The minimum Gasteiger partial charge on any atom is -0.287 e. The number of thioether (sulfide) groups is 1. The van der Waals surface area contributed by atoms with Crippen LogP contribution in [0.25, 0.3) is 0 Å². The quantitative estimate of drug-likeness (QED) is 0.618. The van der Waals surface area contributed by atoms with Gasteiger partial charge in [-0.1, -0.05) is 39.5 Å². The predicted octanol–water partition coefficient (Wildman–Crippen LogP) is 2.70. The highest BCUT2D eigenvalue weighted by atomic mass is 32.2. The Hall–Kier alpha value is 0.0200. The van der Waals surface area contributed by atoms with E-state index in [2.05, 4.69) is 6.92 Å². The van der Waals surface area contributed by atoms with Crippen molar-refractivity contribution in [2.75, 3.05) is 5.75 Å². The fourth-order valence-electron chi connectivity index (χ4n) is 0.411. The molecule has 0 saturated heterocycles. The van der Waals surface area contributed by atoms with E-state index in [-0.39, 0.29) is 5.41 Å². The lowest BCUT2D eigenvalue weighted by atomic mass is 10.00. The molecule has 0 N–H and O–H groups in total. The molecule has 0 rings (SSSR count). The van der Waals surface area contributed by atoms with Crippen LogP contribution in [0.1, 0.15) is 34.1 Å². The molecule has 0 aromatic heterocycles. The molecule has 0 aliphatic carbocycles. The second kappa shape index (κ2) is 4.02. The van der Waals surface area contributed by atoms with Gasteiger partial charge in [-0.15, -0.1) is 0 Å². The Morgan fingerprint density at radius 1 is 1.40 bits per heavy atom. The van der Waals surface area contributed by atoms with Gasteiger partial charge in [0.25, 0.3) is 0 Å². The van der Waals surface area contributed by atoms with Crippen LogP contribution in [0.5, 0.6) is 0 Å². The molecule has 0 unspecified atom stereocenters. The zero-order valence-corrected chi connectivity index (χ0v) is 8.05. The van der Waals surface area contributed by atoms with Crippen LogP contribution in [-0.2, 0) is 4.79 Å². The van der Waals surface area contributed by atoms with Crippen LogP contribution in [-0.4, -0.2) is 10.9 Å². The van der Waals surface area contributed by atoms with E-state index in [1.807, 2.05) is 20.8 Å². The van der Waals surface area contributed by atoms with Gasteiger partial charge in [0.15, 0.2) is 5.12 Å². The molecule has 0 aliphatic heterocycles. The van der Waals surface area contributed by atoms with Crippen molar-refractivity contribution in [1.82, 2.24) is 0 Å². The van der Waals surface area contributed by atoms with Gasteiger partial charge in [-0.05, 0) is 6.42 Å². The maximum Gasteiger partial charge on any atom is 0.194 e. The van der Waals surface area contributed by atoms with Crippen molar-refractivity contribution in [2.45, 2.75) is 34.1 Å². The van der Waals surface area contributed by atoms with E-state index >= 15 is 0 Å². The van der Waals surface area contributed by atoms with E-state index in [0.717, 1.165) is 12.2 Å². The first-order valence-corrected chi connectivity index (χ1v) is 4.64. The molecule has 0 radical (unpaired) electrons. The molecule has 0 heterocycles. The Labute approximate surface area is 67.6 Å². The molecule has 0 amide bonds. The number of carbonyl (C=O) groups excluding carboxylic acids is 1. The molecule has 60 valence electrons. The van der Waals surface area contributed by atoms with Crippen LogP contribution in [0.15, 0.2) is 0 Å². The molecular weight excluding hydrogens is 144 g/mol. The van der Waals surface area contributed by atoms with E-state index in [4.69, 9.17) is 0 Å². The van der Waals surface area contributed by atoms with E-state index < -0.39 is 0 Å². The van der Waals surface area contributed by atoms with Crippen molar-refractivity contribution < 1.29 is 4.79 Å². The lowest BCUT2D eigenvalue weighted by molar-refractivity contribution is -0.117. The standard InChI is InChI=1S/C8H16OS/c1-5-6-10-7(9)8(2,3)4/h5-6H2,1-4H3. The van der Waals surface area contributed by atoms with Crippen LogP contribution < -0.4 is 0 Å². The Morgan fingerprint density at radius 3 is 2.20 bits per heavy atom. The second-order valence-electron chi connectivity index (χ2n) is 3.39. The SMILES string of the molecule is CCCSC(=O)C(C)(C)C. The second-order valence-corrected chi connectivity index (χ2v) is 4.45. The van der Waals surface area contributed by atoms with Crippen LogP contribution in [0.4, 0.5) is 0 Å². The topological polar surface area (TPSA) is 17.1 Å². The predicted molar refractivity (Wildman–Crippen MR) is 47.2 cm³/mol. The van der Waals surface area contributed by atoms with Gasteiger partial charge in [-0.3, -0.25) is 4.79 Å². The smallest absolute Gasteiger partial charge is 0.194 e. The van der Waals surface area contributed by atoms with Gasteiger partial charge in [-0.2, -0.15) is 0 Å². The normalized spacial score (nSPS) is 11.6. The average molecular weight is 160 g/mol. The molecular formula is C8H16OS. The molecule has 1 nitrogen and oxygen atoms in total. The number of hydrogen-bond acceptors (Lipinski definition) is 2. The molecule has 10 heavy (non-hydrogen) atoms. The summed E-state index contributed by atoms with van der Waals surface area (Å²) in [6.07, 6.45) is 1.08. The summed E-state index contributed by atoms with van der Waals surface area (Å²) in [4.78, 5) is 11.2. The third-order valence-electron chi connectivity index (χ3n) is 1.05. The summed E-state index contributed by atoms with van der Waals surface area (Å²) in [7, 11) is 0. The van der Waals surface area contributed by atoms with Crippen LogP contribution in [0.3, 0.4) is 0 Å². The third kappa shape index (κ3) is 3.94. The van der Waals surface area contributed by atoms with Crippen molar-refractivity contribution >= 4 is 16.9 Å². The number of carbonyl (C=O) groups is 1. The maximum atomic E-state index is 11.2. The van der Waals surface area contributed by atoms with Crippen LogP contribution >= 0.6 is 11.8 Å². The van der Waals surface area contributed by atoms with Gasteiger partial charge < -0.3 is 0 Å². The number of rotatable bonds is 2. The van der Waals surface area contributed by atoms with E-state index in [1.165, 1.54) is 11.8 Å². The molecule has 0 atom stereocenters. The zero-order chi connectivity index (χ0) is 8.20. The summed E-state index contributed by atoms with van der Waals surface area (Å²) in [5.74, 6) is 0.954. The molecule has 0 aromatic carbocycles. The van der Waals surface area contributed by atoms with Gasteiger partial charge in [0.1, 0.15) is 0 Å². The summed E-state index contributed by atoms with van der Waals surface area (Å²) in [5.41, 5.74) is -0.167. The number of hydrogen-bond donors (Lipinski definition) is 0. The third-order valence-corrected chi connectivity index (χ3v) is 2.54. The Kier molecular flexibility index (Phi) is 4.02. The van der Waals surface area contributed by atoms with Crippen LogP contribution in [0.2, 0.25) is 0 Å². The van der Waals surface area contributed by atoms with Crippen molar-refractivity contribution in [3.05, 3.63) is 0 Å². The molecule has 0 fully saturated rings. The minimum atomic E-state index is -0.167. The Bertz CT molecular complexity index is 113. The summed E-state index contributed by atoms with van der Waals surface area (Å²) in [5, 5.41) is 0.300. The first kappa shape index (κ1) is 10.0. The first-order chi connectivity index (χ1) is 4.48. The average Bonchev–Trinajstić information content (AvgIpc) is 1.80. The van der Waals surface area contributed by atoms with Gasteiger partial charge in [0.2, 0.25) is 0 Å². The lowest BCUT2D eigenvalue weighted by Gasteiger charge is -2.14. The van der Waals surface area contributed by atoms with E-state index in [1.54, 1.807) is 0 Å². The summed E-state index contributed by atoms with van der Waals surface area (Å²) in [6.45, 7) is 7.96.